The SMILES string of the molecule is Cc1[nH]nc2cc(OCc3ccon3)c(Cl)cc12. The number of nitrogens with zero attached hydrogens (tertiary/aromatic N) is 2. The second-order valence-corrected chi connectivity index (χ2v) is 4.34. The molecule has 0 fully saturated rings. The van der Waals surface area contributed by atoms with Gasteiger partial charge in [-0.1, -0.05) is 16.8 Å². The van der Waals surface area contributed by atoms with E-state index in [0.29, 0.717) is 23.1 Å². The van der Waals surface area contributed by atoms with E-state index in [2.05, 4.69) is 15.4 Å². The van der Waals surface area contributed by atoms with E-state index < -0.39 is 0 Å². The van der Waals surface area contributed by atoms with E-state index in [9.17, 15) is 0 Å². The fraction of sp³-hybridized carbons (Fsp3) is 0.167. The lowest BCUT2D eigenvalue weighted by atomic mass is 10.2. The Hall–Kier alpha value is -2.01. The molecule has 0 aliphatic carbocycles. The number of nitrogens with one attached hydrogen (secondary N) is 1. The van der Waals surface area contributed by atoms with Crippen molar-refractivity contribution in [3.05, 3.63) is 40.9 Å². The molecule has 2 heterocycles. The van der Waals surface area contributed by atoms with Crippen LogP contribution in [0.5, 0.6) is 5.75 Å². The van der Waals surface area contributed by atoms with E-state index in [1.165, 1.54) is 6.26 Å². The number of rotatable bonds is 3. The normalized spacial score (nSPS) is 11.0. The Labute approximate surface area is 108 Å². The minimum absolute atomic E-state index is 0.311. The van der Waals surface area contributed by atoms with Crippen molar-refractivity contribution < 1.29 is 9.26 Å². The number of aryl methyl sites for hydroxylation is 1. The summed E-state index contributed by atoms with van der Waals surface area (Å²) in [5.74, 6) is 0.582. The van der Waals surface area contributed by atoms with Gasteiger partial charge in [0.05, 0.1) is 10.5 Å². The number of fused-ring (bicyclic) bond motifs is 1. The Morgan fingerprint density at radius 3 is 3.11 bits per heavy atom. The Balaban J connectivity index is 1.89. The summed E-state index contributed by atoms with van der Waals surface area (Å²) in [6, 6.07) is 5.39. The third-order valence-electron chi connectivity index (χ3n) is 2.67. The number of H-pyrrole nitrogens is 1. The number of benzene rings is 1. The van der Waals surface area contributed by atoms with Crippen LogP contribution in [-0.2, 0) is 6.61 Å². The van der Waals surface area contributed by atoms with Gasteiger partial charge in [-0.25, -0.2) is 0 Å². The van der Waals surface area contributed by atoms with Crippen LogP contribution in [0.2, 0.25) is 5.02 Å². The van der Waals surface area contributed by atoms with Crippen molar-refractivity contribution in [1.29, 1.82) is 0 Å². The van der Waals surface area contributed by atoms with Gasteiger partial charge in [0.15, 0.2) is 0 Å². The summed E-state index contributed by atoms with van der Waals surface area (Å²) in [4.78, 5) is 0. The third-order valence-corrected chi connectivity index (χ3v) is 2.96. The van der Waals surface area contributed by atoms with E-state index in [1.807, 2.05) is 13.0 Å². The smallest absolute Gasteiger partial charge is 0.140 e. The summed E-state index contributed by atoms with van der Waals surface area (Å²) in [6.07, 6.45) is 1.50. The second kappa shape index (κ2) is 4.34. The van der Waals surface area contributed by atoms with Crippen molar-refractivity contribution in [3.8, 4) is 5.75 Å². The number of aromatic nitrogens is 3. The van der Waals surface area contributed by atoms with E-state index in [1.54, 1.807) is 12.1 Å². The zero-order valence-corrected chi connectivity index (χ0v) is 10.4. The molecule has 1 N–H and O–H groups in total. The van der Waals surface area contributed by atoms with Crippen molar-refractivity contribution >= 4 is 22.5 Å². The van der Waals surface area contributed by atoms with Gasteiger partial charge >= 0.3 is 0 Å². The van der Waals surface area contributed by atoms with Gasteiger partial charge in [-0.15, -0.1) is 0 Å². The largest absolute Gasteiger partial charge is 0.486 e. The van der Waals surface area contributed by atoms with Crippen LogP contribution < -0.4 is 4.74 Å². The number of hydrogen-bond acceptors (Lipinski definition) is 4. The van der Waals surface area contributed by atoms with Gasteiger partial charge in [-0.3, -0.25) is 5.10 Å². The van der Waals surface area contributed by atoms with Crippen molar-refractivity contribution in [2.24, 2.45) is 0 Å². The molecule has 0 aliphatic heterocycles. The summed E-state index contributed by atoms with van der Waals surface area (Å²) in [5.41, 5.74) is 2.52. The minimum Gasteiger partial charge on any atom is -0.486 e. The Kier molecular flexibility index (Phi) is 2.68. The van der Waals surface area contributed by atoms with Crippen LogP contribution >= 0.6 is 11.6 Å². The van der Waals surface area contributed by atoms with Gasteiger partial charge in [-0.2, -0.15) is 5.10 Å². The van der Waals surface area contributed by atoms with Gasteiger partial charge in [0.1, 0.15) is 24.3 Å². The lowest BCUT2D eigenvalue weighted by Gasteiger charge is -2.06. The van der Waals surface area contributed by atoms with Crippen molar-refractivity contribution in [2.75, 3.05) is 0 Å². The zero-order valence-electron chi connectivity index (χ0n) is 9.61. The Morgan fingerprint density at radius 2 is 2.33 bits per heavy atom. The molecule has 0 atom stereocenters. The molecular weight excluding hydrogens is 254 g/mol. The molecule has 2 aromatic heterocycles. The maximum absolute atomic E-state index is 6.16. The van der Waals surface area contributed by atoms with Crippen LogP contribution in [0.25, 0.3) is 10.9 Å². The first-order valence-corrected chi connectivity index (χ1v) is 5.78. The van der Waals surface area contributed by atoms with Crippen LogP contribution in [0.1, 0.15) is 11.4 Å². The monoisotopic (exact) mass is 263 g/mol. The van der Waals surface area contributed by atoms with Gasteiger partial charge < -0.3 is 9.26 Å². The average molecular weight is 264 g/mol. The molecule has 18 heavy (non-hydrogen) atoms. The van der Waals surface area contributed by atoms with Gasteiger partial charge in [-0.05, 0) is 13.0 Å². The highest BCUT2D eigenvalue weighted by Gasteiger charge is 2.09. The maximum atomic E-state index is 6.16. The highest BCUT2D eigenvalue weighted by atomic mass is 35.5. The molecule has 1 aromatic carbocycles. The fourth-order valence-corrected chi connectivity index (χ4v) is 1.93. The van der Waals surface area contributed by atoms with Crippen molar-refractivity contribution in [2.45, 2.75) is 13.5 Å². The van der Waals surface area contributed by atoms with Crippen LogP contribution in [0, 0.1) is 6.92 Å². The van der Waals surface area contributed by atoms with Gasteiger partial charge in [0, 0.05) is 23.2 Å². The van der Waals surface area contributed by atoms with Crippen LogP contribution in [-0.4, -0.2) is 15.4 Å². The predicted octanol–water partition coefficient (Wildman–Crippen LogP) is 3.09. The second-order valence-electron chi connectivity index (χ2n) is 3.93. The molecule has 0 amide bonds. The highest BCUT2D eigenvalue weighted by Crippen LogP contribution is 2.30. The van der Waals surface area contributed by atoms with E-state index >= 15 is 0 Å². The van der Waals surface area contributed by atoms with Crippen LogP contribution in [0.15, 0.2) is 29.0 Å². The lowest BCUT2D eigenvalue weighted by Crippen LogP contribution is -1.96. The first-order chi connectivity index (χ1) is 8.74. The first kappa shape index (κ1) is 11.1. The molecule has 0 saturated heterocycles. The molecule has 0 bridgehead atoms. The van der Waals surface area contributed by atoms with E-state index in [0.717, 1.165) is 16.6 Å². The molecular formula is C12H10ClN3O2. The molecule has 6 heteroatoms. The molecule has 3 rings (SSSR count). The van der Waals surface area contributed by atoms with E-state index in [4.69, 9.17) is 20.9 Å². The van der Waals surface area contributed by atoms with E-state index in [-0.39, 0.29) is 0 Å². The van der Waals surface area contributed by atoms with Crippen molar-refractivity contribution in [3.63, 3.8) is 0 Å². The number of halogens is 1. The molecule has 0 spiro atoms. The molecule has 3 aromatic rings. The summed E-state index contributed by atoms with van der Waals surface area (Å²) in [6.45, 7) is 2.26. The maximum Gasteiger partial charge on any atom is 0.140 e. The quantitative estimate of drug-likeness (QED) is 0.789. The van der Waals surface area contributed by atoms with Crippen LogP contribution in [0.4, 0.5) is 0 Å². The Morgan fingerprint density at radius 1 is 1.44 bits per heavy atom. The standard InChI is InChI=1S/C12H10ClN3O2/c1-7-9-4-10(13)12(5-11(9)15-14-7)17-6-8-2-3-18-16-8/h2-5H,6H2,1H3,(H,14,15). The topological polar surface area (TPSA) is 63.9 Å². The molecule has 0 radical (unpaired) electrons. The average Bonchev–Trinajstić information content (AvgIpc) is 2.98. The van der Waals surface area contributed by atoms with Gasteiger partial charge in [0.2, 0.25) is 0 Å². The summed E-state index contributed by atoms with van der Waals surface area (Å²) in [5, 5.41) is 12.4. The molecule has 0 saturated carbocycles. The molecule has 92 valence electrons. The third kappa shape index (κ3) is 1.93. The summed E-state index contributed by atoms with van der Waals surface area (Å²) >= 11 is 6.16. The predicted molar refractivity (Wildman–Crippen MR) is 66.7 cm³/mol. The highest BCUT2D eigenvalue weighted by molar-refractivity contribution is 6.32. The summed E-state index contributed by atoms with van der Waals surface area (Å²) < 4.78 is 10.3. The molecule has 0 aliphatic rings. The lowest BCUT2D eigenvalue weighted by molar-refractivity contribution is 0.290. The fourth-order valence-electron chi connectivity index (χ4n) is 1.71. The number of aromatic amines is 1. The zero-order chi connectivity index (χ0) is 12.5. The van der Waals surface area contributed by atoms with Crippen molar-refractivity contribution in [1.82, 2.24) is 15.4 Å². The number of hydrogen-bond donors (Lipinski definition) is 1. The minimum atomic E-state index is 0.311. The summed E-state index contributed by atoms with van der Waals surface area (Å²) in [7, 11) is 0. The Bertz CT molecular complexity index is 676. The first-order valence-electron chi connectivity index (χ1n) is 5.40. The van der Waals surface area contributed by atoms with Crippen LogP contribution in [0.3, 0.4) is 0 Å². The number of ether oxygens (including phenoxy) is 1. The van der Waals surface area contributed by atoms with Gasteiger partial charge in [0.25, 0.3) is 0 Å². The molecule has 5 nitrogen and oxygen atoms in total. The molecule has 0 unspecified atom stereocenters.